The standard InChI is InChI=1S/C23H22/c1-2-5-18-14(4-1)11-23-19(6-3-7-20(18)23)17-12-21-15-8-9-16(10-15)22(21)13-17/h1-9,15-17,21-22H,10-13H2. The molecule has 0 radical (unpaired) electrons. The average molecular weight is 298 g/mol. The first-order chi connectivity index (χ1) is 11.4. The molecule has 4 unspecified atom stereocenters. The molecule has 0 nitrogen and oxygen atoms in total. The quantitative estimate of drug-likeness (QED) is 0.515. The molecule has 0 aliphatic heterocycles. The minimum absolute atomic E-state index is 0.805. The van der Waals surface area contributed by atoms with E-state index in [9.17, 15) is 0 Å². The highest BCUT2D eigenvalue weighted by molar-refractivity contribution is 5.78. The zero-order valence-corrected chi connectivity index (χ0v) is 13.4. The zero-order chi connectivity index (χ0) is 15.0. The number of hydrogen-bond donors (Lipinski definition) is 0. The van der Waals surface area contributed by atoms with Gasteiger partial charge in [-0.1, -0.05) is 54.6 Å². The highest BCUT2D eigenvalue weighted by atomic mass is 14.5. The van der Waals surface area contributed by atoms with Gasteiger partial charge in [0.1, 0.15) is 0 Å². The Labute approximate surface area is 138 Å². The molecule has 6 rings (SSSR count). The van der Waals surface area contributed by atoms with Crippen molar-refractivity contribution in [2.24, 2.45) is 23.7 Å². The molecule has 0 N–H and O–H groups in total. The van der Waals surface area contributed by atoms with Gasteiger partial charge in [0.05, 0.1) is 0 Å². The van der Waals surface area contributed by atoms with Gasteiger partial charge in [-0.25, -0.2) is 0 Å². The van der Waals surface area contributed by atoms with E-state index >= 15 is 0 Å². The molecule has 0 spiro atoms. The molecule has 0 amide bonds. The fraction of sp³-hybridized carbons (Fsp3) is 0.391. The van der Waals surface area contributed by atoms with Crippen molar-refractivity contribution in [2.75, 3.05) is 0 Å². The van der Waals surface area contributed by atoms with E-state index in [1.54, 1.807) is 11.1 Å². The smallest absolute Gasteiger partial charge is 0.00106 e. The SMILES string of the molecule is C1=CC2CC1C1CC(c3cccc4c3Cc3ccccc3-4)CC21. The molecule has 2 aromatic carbocycles. The van der Waals surface area contributed by atoms with Crippen molar-refractivity contribution >= 4 is 0 Å². The third kappa shape index (κ3) is 1.62. The largest absolute Gasteiger partial charge is 0.0848 e. The Morgan fingerprint density at radius 3 is 2.26 bits per heavy atom. The van der Waals surface area contributed by atoms with Gasteiger partial charge in [-0.3, -0.25) is 0 Å². The van der Waals surface area contributed by atoms with Crippen LogP contribution in [-0.4, -0.2) is 0 Å². The van der Waals surface area contributed by atoms with Crippen LogP contribution in [0, 0.1) is 23.7 Å². The first-order valence-electron chi connectivity index (χ1n) is 9.27. The van der Waals surface area contributed by atoms with Crippen molar-refractivity contribution in [3.05, 3.63) is 71.3 Å². The second-order valence-electron chi connectivity index (χ2n) is 8.15. The van der Waals surface area contributed by atoms with Crippen LogP contribution in [0.25, 0.3) is 11.1 Å². The molecule has 4 atom stereocenters. The molecular weight excluding hydrogens is 276 g/mol. The minimum Gasteiger partial charge on any atom is -0.0848 e. The van der Waals surface area contributed by atoms with Crippen LogP contribution >= 0.6 is 0 Å². The highest BCUT2D eigenvalue weighted by Crippen LogP contribution is 2.60. The van der Waals surface area contributed by atoms with Crippen LogP contribution in [0.4, 0.5) is 0 Å². The summed E-state index contributed by atoms with van der Waals surface area (Å²) in [5.41, 5.74) is 7.82. The lowest BCUT2D eigenvalue weighted by atomic mass is 9.86. The van der Waals surface area contributed by atoms with Gasteiger partial charge >= 0.3 is 0 Å². The van der Waals surface area contributed by atoms with Gasteiger partial charge in [0, 0.05) is 0 Å². The van der Waals surface area contributed by atoms with E-state index in [0.717, 1.165) is 36.0 Å². The number of fused-ring (bicyclic) bond motifs is 8. The van der Waals surface area contributed by atoms with E-state index in [2.05, 4.69) is 54.6 Å². The van der Waals surface area contributed by atoms with Crippen molar-refractivity contribution in [3.8, 4) is 11.1 Å². The Bertz CT molecular complexity index is 808. The second-order valence-corrected chi connectivity index (χ2v) is 8.15. The molecule has 0 saturated heterocycles. The van der Waals surface area contributed by atoms with E-state index in [0.29, 0.717) is 0 Å². The minimum atomic E-state index is 0.805. The van der Waals surface area contributed by atoms with E-state index in [-0.39, 0.29) is 0 Å². The molecular formula is C23H22. The van der Waals surface area contributed by atoms with Crippen molar-refractivity contribution in [3.63, 3.8) is 0 Å². The van der Waals surface area contributed by atoms with Crippen molar-refractivity contribution in [1.29, 1.82) is 0 Å². The van der Waals surface area contributed by atoms with Gasteiger partial charge in [-0.2, -0.15) is 0 Å². The normalized spacial score (nSPS) is 35.4. The Kier molecular flexibility index (Phi) is 2.40. The average Bonchev–Trinajstić information content (AvgIpc) is 3.33. The lowest BCUT2D eigenvalue weighted by molar-refractivity contribution is 0.364. The summed E-state index contributed by atoms with van der Waals surface area (Å²) in [6.45, 7) is 0. The number of benzene rings is 2. The maximum Gasteiger partial charge on any atom is -0.00106 e. The summed E-state index contributed by atoms with van der Waals surface area (Å²) in [6, 6.07) is 16.1. The van der Waals surface area contributed by atoms with E-state index in [1.807, 2.05) is 0 Å². The highest BCUT2D eigenvalue weighted by Gasteiger charge is 2.50. The lowest BCUT2D eigenvalue weighted by Gasteiger charge is -2.19. The molecule has 2 bridgehead atoms. The summed E-state index contributed by atoms with van der Waals surface area (Å²) in [6.07, 6.45) is 10.5. The topological polar surface area (TPSA) is 0 Å². The van der Waals surface area contributed by atoms with Gasteiger partial charge in [0.15, 0.2) is 0 Å². The summed E-state index contributed by atoms with van der Waals surface area (Å²) in [4.78, 5) is 0. The van der Waals surface area contributed by atoms with Crippen LogP contribution in [0.1, 0.15) is 41.9 Å². The van der Waals surface area contributed by atoms with Crippen molar-refractivity contribution in [2.45, 2.75) is 31.6 Å². The molecule has 114 valence electrons. The van der Waals surface area contributed by atoms with Gasteiger partial charge in [0.2, 0.25) is 0 Å². The van der Waals surface area contributed by atoms with E-state index in [1.165, 1.54) is 36.0 Å². The van der Waals surface area contributed by atoms with Crippen LogP contribution in [0.2, 0.25) is 0 Å². The number of rotatable bonds is 1. The van der Waals surface area contributed by atoms with Crippen molar-refractivity contribution in [1.82, 2.24) is 0 Å². The third-order valence-corrected chi connectivity index (χ3v) is 7.24. The molecule has 23 heavy (non-hydrogen) atoms. The molecule has 2 saturated carbocycles. The van der Waals surface area contributed by atoms with Crippen LogP contribution in [0.15, 0.2) is 54.6 Å². The third-order valence-electron chi connectivity index (χ3n) is 7.24. The molecule has 0 heterocycles. The molecule has 0 heteroatoms. The fourth-order valence-corrected chi connectivity index (χ4v) is 6.30. The molecule has 4 aliphatic rings. The van der Waals surface area contributed by atoms with Crippen molar-refractivity contribution < 1.29 is 0 Å². The Hall–Kier alpha value is -1.82. The summed E-state index contributed by atoms with van der Waals surface area (Å²) in [7, 11) is 0. The summed E-state index contributed by atoms with van der Waals surface area (Å²) in [5, 5.41) is 0. The molecule has 4 aliphatic carbocycles. The Morgan fingerprint density at radius 1 is 0.696 bits per heavy atom. The summed E-state index contributed by atoms with van der Waals surface area (Å²) in [5.74, 6) is 4.58. The van der Waals surface area contributed by atoms with Gasteiger partial charge in [-0.15, -0.1) is 0 Å². The monoisotopic (exact) mass is 298 g/mol. The first kappa shape index (κ1) is 12.6. The van der Waals surface area contributed by atoms with E-state index in [4.69, 9.17) is 0 Å². The number of hydrogen-bond acceptors (Lipinski definition) is 0. The maximum absolute atomic E-state index is 2.53. The van der Waals surface area contributed by atoms with Gasteiger partial charge < -0.3 is 0 Å². The Morgan fingerprint density at radius 2 is 1.43 bits per heavy atom. The van der Waals surface area contributed by atoms with Gasteiger partial charge in [-0.05, 0) is 83.1 Å². The first-order valence-corrected chi connectivity index (χ1v) is 9.27. The van der Waals surface area contributed by atoms with E-state index < -0.39 is 0 Å². The Balaban J connectivity index is 1.40. The predicted molar refractivity (Wildman–Crippen MR) is 94.4 cm³/mol. The predicted octanol–water partition coefficient (Wildman–Crippen LogP) is 5.57. The molecule has 2 aromatic rings. The fourth-order valence-electron chi connectivity index (χ4n) is 6.30. The molecule has 2 fully saturated rings. The lowest BCUT2D eigenvalue weighted by Crippen LogP contribution is -2.12. The van der Waals surface area contributed by atoms with Crippen LogP contribution in [-0.2, 0) is 6.42 Å². The number of allylic oxidation sites excluding steroid dienone is 2. The maximum atomic E-state index is 2.53. The summed E-state index contributed by atoms with van der Waals surface area (Å²) < 4.78 is 0. The van der Waals surface area contributed by atoms with Gasteiger partial charge in [0.25, 0.3) is 0 Å². The second kappa shape index (κ2) is 4.38. The zero-order valence-electron chi connectivity index (χ0n) is 13.4. The van der Waals surface area contributed by atoms with Crippen LogP contribution < -0.4 is 0 Å². The summed E-state index contributed by atoms with van der Waals surface area (Å²) >= 11 is 0. The van der Waals surface area contributed by atoms with Crippen LogP contribution in [0.3, 0.4) is 0 Å². The molecule has 0 aromatic heterocycles. The van der Waals surface area contributed by atoms with Crippen LogP contribution in [0.5, 0.6) is 0 Å².